The molecule has 1 aromatic heterocycles. The quantitative estimate of drug-likeness (QED) is 0.838. The van der Waals surface area contributed by atoms with Gasteiger partial charge in [0, 0.05) is 24.7 Å². The van der Waals surface area contributed by atoms with Gasteiger partial charge in [0.2, 0.25) is 0 Å². The minimum Gasteiger partial charge on any atom is -0.422 e. The molecule has 0 atom stereocenters. The van der Waals surface area contributed by atoms with E-state index in [1.807, 2.05) is 36.4 Å². The third kappa shape index (κ3) is 2.19. The zero-order valence-electron chi connectivity index (χ0n) is 11.0. The van der Waals surface area contributed by atoms with Crippen molar-refractivity contribution >= 4 is 5.69 Å². The molecule has 4 nitrogen and oxygen atoms in total. The van der Waals surface area contributed by atoms with E-state index < -0.39 is 5.63 Å². The van der Waals surface area contributed by atoms with Gasteiger partial charge in [-0.1, -0.05) is 30.3 Å². The van der Waals surface area contributed by atoms with Crippen molar-refractivity contribution in [3.05, 3.63) is 52.4 Å². The highest BCUT2D eigenvalue weighted by atomic mass is 16.4. The molecular weight excluding hydrogens is 252 g/mol. The highest BCUT2D eigenvalue weighted by Crippen LogP contribution is 2.27. The second-order valence-corrected chi connectivity index (χ2v) is 4.83. The summed E-state index contributed by atoms with van der Waals surface area (Å²) in [4.78, 5) is 14.1. The van der Waals surface area contributed by atoms with E-state index in [9.17, 15) is 10.1 Å². The highest BCUT2D eigenvalue weighted by Gasteiger charge is 2.20. The molecule has 0 N–H and O–H groups in total. The number of benzene rings is 1. The number of hydrogen-bond donors (Lipinski definition) is 0. The van der Waals surface area contributed by atoms with Gasteiger partial charge in [0.15, 0.2) is 5.56 Å². The molecule has 1 aliphatic rings. The van der Waals surface area contributed by atoms with Crippen molar-refractivity contribution in [3.8, 4) is 17.4 Å². The van der Waals surface area contributed by atoms with E-state index in [0.29, 0.717) is 11.4 Å². The smallest absolute Gasteiger partial charge is 0.356 e. The summed E-state index contributed by atoms with van der Waals surface area (Å²) < 4.78 is 5.28. The summed E-state index contributed by atoms with van der Waals surface area (Å²) >= 11 is 0. The van der Waals surface area contributed by atoms with Gasteiger partial charge in [0.25, 0.3) is 0 Å². The van der Waals surface area contributed by atoms with E-state index in [4.69, 9.17) is 4.42 Å². The number of rotatable bonds is 2. The summed E-state index contributed by atoms with van der Waals surface area (Å²) in [5.74, 6) is 0.511. The Labute approximate surface area is 116 Å². The van der Waals surface area contributed by atoms with Crippen LogP contribution in [0.2, 0.25) is 0 Å². The average molecular weight is 266 g/mol. The van der Waals surface area contributed by atoms with E-state index in [-0.39, 0.29) is 5.56 Å². The molecule has 0 unspecified atom stereocenters. The first-order chi connectivity index (χ1) is 9.79. The van der Waals surface area contributed by atoms with Gasteiger partial charge in [-0.3, -0.25) is 0 Å². The Morgan fingerprint density at radius 1 is 1.15 bits per heavy atom. The maximum atomic E-state index is 12.0. The Bertz CT molecular complexity index is 707. The first-order valence-corrected chi connectivity index (χ1v) is 6.68. The molecule has 2 heterocycles. The fourth-order valence-corrected chi connectivity index (χ4v) is 2.54. The topological polar surface area (TPSA) is 57.2 Å². The normalized spacial score (nSPS) is 14.2. The summed E-state index contributed by atoms with van der Waals surface area (Å²) in [5, 5.41) is 9.18. The van der Waals surface area contributed by atoms with Crippen LogP contribution in [-0.2, 0) is 0 Å². The van der Waals surface area contributed by atoms with Crippen molar-refractivity contribution < 1.29 is 4.42 Å². The Morgan fingerprint density at radius 2 is 1.85 bits per heavy atom. The standard InChI is InChI=1S/C16H14N2O2/c17-11-13-14(18-8-4-5-9-18)10-15(20-16(13)19)12-6-2-1-3-7-12/h1-3,6-7,10H,4-5,8-9H2. The van der Waals surface area contributed by atoms with Crippen molar-refractivity contribution in [2.75, 3.05) is 18.0 Å². The molecule has 1 saturated heterocycles. The lowest BCUT2D eigenvalue weighted by Crippen LogP contribution is -2.22. The maximum absolute atomic E-state index is 12.0. The number of nitrogens with zero attached hydrogens (tertiary/aromatic N) is 2. The van der Waals surface area contributed by atoms with Gasteiger partial charge in [-0.25, -0.2) is 4.79 Å². The lowest BCUT2D eigenvalue weighted by molar-refractivity contribution is 0.523. The first-order valence-electron chi connectivity index (χ1n) is 6.68. The van der Waals surface area contributed by atoms with Crippen molar-refractivity contribution in [1.29, 1.82) is 5.26 Å². The predicted molar refractivity (Wildman–Crippen MR) is 76.6 cm³/mol. The van der Waals surface area contributed by atoms with Crippen LogP contribution in [0.3, 0.4) is 0 Å². The molecule has 0 spiro atoms. The first kappa shape index (κ1) is 12.5. The van der Waals surface area contributed by atoms with Gasteiger partial charge in [-0.15, -0.1) is 0 Å². The summed E-state index contributed by atoms with van der Waals surface area (Å²) in [6.07, 6.45) is 2.18. The fourth-order valence-electron chi connectivity index (χ4n) is 2.54. The molecule has 0 bridgehead atoms. The zero-order chi connectivity index (χ0) is 13.9. The van der Waals surface area contributed by atoms with Crippen LogP contribution in [0.4, 0.5) is 5.69 Å². The lowest BCUT2D eigenvalue weighted by Gasteiger charge is -2.18. The van der Waals surface area contributed by atoms with Gasteiger partial charge >= 0.3 is 5.63 Å². The molecule has 1 aromatic carbocycles. The van der Waals surface area contributed by atoms with Crippen LogP contribution < -0.4 is 10.5 Å². The van der Waals surface area contributed by atoms with Crippen molar-refractivity contribution in [2.45, 2.75) is 12.8 Å². The van der Waals surface area contributed by atoms with E-state index in [2.05, 4.69) is 4.90 Å². The highest BCUT2D eigenvalue weighted by molar-refractivity contribution is 5.67. The predicted octanol–water partition coefficient (Wildman–Crippen LogP) is 2.78. The average Bonchev–Trinajstić information content (AvgIpc) is 3.01. The van der Waals surface area contributed by atoms with Gasteiger partial charge in [0.1, 0.15) is 11.8 Å². The van der Waals surface area contributed by atoms with Crippen molar-refractivity contribution in [3.63, 3.8) is 0 Å². The molecule has 1 aliphatic heterocycles. The van der Waals surface area contributed by atoms with Gasteiger partial charge in [-0.05, 0) is 12.8 Å². The molecule has 0 amide bonds. The molecule has 3 rings (SSSR count). The minimum atomic E-state index is -0.559. The molecule has 2 aromatic rings. The molecule has 1 fully saturated rings. The van der Waals surface area contributed by atoms with E-state index in [0.717, 1.165) is 31.5 Å². The molecule has 0 radical (unpaired) electrons. The number of nitriles is 1. The van der Waals surface area contributed by atoms with Crippen LogP contribution in [0.15, 0.2) is 45.6 Å². The van der Waals surface area contributed by atoms with Gasteiger partial charge < -0.3 is 9.32 Å². The van der Waals surface area contributed by atoms with E-state index >= 15 is 0 Å². The van der Waals surface area contributed by atoms with Crippen LogP contribution in [0, 0.1) is 11.3 Å². The number of anilines is 1. The molecular formula is C16H14N2O2. The molecule has 20 heavy (non-hydrogen) atoms. The largest absolute Gasteiger partial charge is 0.422 e. The second kappa shape index (κ2) is 5.22. The summed E-state index contributed by atoms with van der Waals surface area (Å²) in [6, 6.07) is 13.2. The monoisotopic (exact) mass is 266 g/mol. The summed E-state index contributed by atoms with van der Waals surface area (Å²) in [5.41, 5.74) is 1.08. The van der Waals surface area contributed by atoms with Crippen LogP contribution in [-0.4, -0.2) is 13.1 Å². The Balaban J connectivity index is 2.15. The third-order valence-corrected chi connectivity index (χ3v) is 3.55. The van der Waals surface area contributed by atoms with Crippen LogP contribution in [0.5, 0.6) is 0 Å². The molecule has 0 saturated carbocycles. The Morgan fingerprint density at radius 3 is 2.50 bits per heavy atom. The van der Waals surface area contributed by atoms with Crippen LogP contribution in [0.1, 0.15) is 18.4 Å². The summed E-state index contributed by atoms with van der Waals surface area (Å²) in [7, 11) is 0. The SMILES string of the molecule is N#Cc1c(N2CCCC2)cc(-c2ccccc2)oc1=O. The third-order valence-electron chi connectivity index (χ3n) is 3.55. The lowest BCUT2D eigenvalue weighted by atomic mass is 10.1. The fraction of sp³-hybridized carbons (Fsp3) is 0.250. The minimum absolute atomic E-state index is 0.103. The molecule has 100 valence electrons. The maximum Gasteiger partial charge on any atom is 0.356 e. The Kier molecular flexibility index (Phi) is 3.26. The van der Waals surface area contributed by atoms with Crippen LogP contribution in [0.25, 0.3) is 11.3 Å². The summed E-state index contributed by atoms with van der Waals surface area (Å²) in [6.45, 7) is 1.76. The van der Waals surface area contributed by atoms with Crippen molar-refractivity contribution in [2.24, 2.45) is 0 Å². The van der Waals surface area contributed by atoms with E-state index in [1.54, 1.807) is 6.07 Å². The zero-order valence-corrected chi connectivity index (χ0v) is 11.0. The van der Waals surface area contributed by atoms with Gasteiger partial charge in [0.05, 0.1) is 5.69 Å². The van der Waals surface area contributed by atoms with E-state index in [1.165, 1.54) is 0 Å². The molecule has 0 aliphatic carbocycles. The Hall–Kier alpha value is -2.54. The number of hydrogen-bond acceptors (Lipinski definition) is 4. The van der Waals surface area contributed by atoms with Gasteiger partial charge in [-0.2, -0.15) is 5.26 Å². The van der Waals surface area contributed by atoms with Crippen molar-refractivity contribution in [1.82, 2.24) is 0 Å². The second-order valence-electron chi connectivity index (χ2n) is 4.83. The molecule has 4 heteroatoms. The van der Waals surface area contributed by atoms with Crippen LogP contribution >= 0.6 is 0 Å².